The zero-order valence-electron chi connectivity index (χ0n) is 24.4. The van der Waals surface area contributed by atoms with Crippen LogP contribution in [0.3, 0.4) is 0 Å². The second-order valence-electron chi connectivity index (χ2n) is 9.65. The van der Waals surface area contributed by atoms with E-state index in [0.29, 0.717) is 0 Å². The number of rotatable bonds is 16. The lowest BCUT2D eigenvalue weighted by Crippen LogP contribution is -2.12. The summed E-state index contributed by atoms with van der Waals surface area (Å²) < 4.78 is 17.6. The van der Waals surface area contributed by atoms with Crippen LogP contribution in [0, 0.1) is 0 Å². The number of halogens is 1. The van der Waals surface area contributed by atoms with Crippen LogP contribution in [-0.2, 0) is 32.1 Å². The molecule has 0 aliphatic heterocycles. The topological polar surface area (TPSA) is 63.8 Å². The Bertz CT molecular complexity index is 1090. The third kappa shape index (κ3) is 9.14. The summed E-state index contributed by atoms with van der Waals surface area (Å²) in [4.78, 5) is 0. The Morgan fingerprint density at radius 3 is 1.26 bits per heavy atom. The molecule has 0 atom stereocenters. The Morgan fingerprint density at radius 2 is 0.897 bits per heavy atom. The maximum atomic E-state index is 6.10. The van der Waals surface area contributed by atoms with Gasteiger partial charge in [-0.05, 0) is 111 Å². The van der Waals surface area contributed by atoms with Crippen LogP contribution in [0.5, 0.6) is 17.2 Å². The highest BCUT2D eigenvalue weighted by Gasteiger charge is 2.17. The van der Waals surface area contributed by atoms with E-state index in [1.807, 2.05) is 21.1 Å². The fourth-order valence-corrected chi connectivity index (χ4v) is 4.97. The van der Waals surface area contributed by atoms with E-state index in [9.17, 15) is 0 Å². The summed E-state index contributed by atoms with van der Waals surface area (Å²) in [5, 5.41) is 9.78. The highest BCUT2D eigenvalue weighted by molar-refractivity contribution is 5.85. The molecule has 3 aromatic carbocycles. The van der Waals surface area contributed by atoms with Gasteiger partial charge in [0, 0.05) is 12.8 Å². The fraction of sp³-hybridized carbons (Fsp3) is 0.438. The summed E-state index contributed by atoms with van der Waals surface area (Å²) in [5.74, 6) is 2.74. The predicted molar refractivity (Wildman–Crippen MR) is 165 cm³/mol. The summed E-state index contributed by atoms with van der Waals surface area (Å²) in [6.07, 6.45) is 4.36. The zero-order valence-corrected chi connectivity index (χ0v) is 25.2. The van der Waals surface area contributed by atoms with Crippen LogP contribution in [0.25, 0.3) is 0 Å². The summed E-state index contributed by atoms with van der Waals surface area (Å²) >= 11 is 0. The quantitative estimate of drug-likeness (QED) is 0.240. The minimum Gasteiger partial charge on any atom is -0.496 e. The molecule has 0 heterocycles. The summed E-state index contributed by atoms with van der Waals surface area (Å²) in [7, 11) is 11.2. The Labute approximate surface area is 241 Å². The molecule has 3 rings (SSSR count). The molecular formula is C32H46ClN3O3. The van der Waals surface area contributed by atoms with E-state index in [1.54, 1.807) is 21.3 Å². The SMILES string of the molecule is CNCCc1ccc(OC)c(Cc2cc(CCNC)cc(Cc3cc(CCNC)ccc3OC)c2OC)c1.Cl. The van der Waals surface area contributed by atoms with Crippen molar-refractivity contribution in [2.75, 3.05) is 62.1 Å². The molecule has 0 unspecified atom stereocenters. The van der Waals surface area contributed by atoms with Gasteiger partial charge < -0.3 is 30.2 Å². The lowest BCUT2D eigenvalue weighted by molar-refractivity contribution is 0.400. The molecule has 0 amide bonds. The van der Waals surface area contributed by atoms with Crippen molar-refractivity contribution in [3.8, 4) is 17.2 Å². The molecule has 0 saturated carbocycles. The van der Waals surface area contributed by atoms with Crippen LogP contribution < -0.4 is 30.2 Å². The maximum absolute atomic E-state index is 6.10. The molecule has 0 bridgehead atoms. The first-order valence-corrected chi connectivity index (χ1v) is 13.5. The van der Waals surface area contributed by atoms with Crippen molar-refractivity contribution >= 4 is 12.4 Å². The van der Waals surface area contributed by atoms with Crippen LogP contribution in [0.1, 0.15) is 38.9 Å². The second-order valence-corrected chi connectivity index (χ2v) is 9.65. The lowest BCUT2D eigenvalue weighted by atomic mass is 9.92. The van der Waals surface area contributed by atoms with Crippen molar-refractivity contribution in [3.05, 3.63) is 87.5 Å². The third-order valence-electron chi connectivity index (χ3n) is 6.95. The number of methoxy groups -OCH3 is 3. The summed E-state index contributed by atoms with van der Waals surface area (Å²) in [5.41, 5.74) is 8.56. The van der Waals surface area contributed by atoms with Crippen molar-refractivity contribution in [1.82, 2.24) is 16.0 Å². The molecular weight excluding hydrogens is 510 g/mol. The number of benzene rings is 3. The Balaban J connectivity index is 0.00000533. The molecule has 0 aromatic heterocycles. The monoisotopic (exact) mass is 555 g/mol. The van der Waals surface area contributed by atoms with Crippen molar-refractivity contribution in [3.63, 3.8) is 0 Å². The van der Waals surface area contributed by atoms with Gasteiger partial charge in [0.2, 0.25) is 0 Å². The van der Waals surface area contributed by atoms with Gasteiger partial charge in [-0.2, -0.15) is 0 Å². The first kappa shape index (κ1) is 32.4. The normalized spacial score (nSPS) is 10.7. The van der Waals surface area contributed by atoms with Gasteiger partial charge in [0.1, 0.15) is 17.2 Å². The number of nitrogens with one attached hydrogen (secondary N) is 3. The molecule has 214 valence electrons. The van der Waals surface area contributed by atoms with Gasteiger partial charge in [-0.15, -0.1) is 12.4 Å². The van der Waals surface area contributed by atoms with Gasteiger partial charge in [0.15, 0.2) is 0 Å². The van der Waals surface area contributed by atoms with Crippen LogP contribution in [-0.4, -0.2) is 62.1 Å². The minimum absolute atomic E-state index is 0. The average Bonchev–Trinajstić information content (AvgIpc) is 2.94. The molecule has 0 aliphatic rings. The molecule has 7 heteroatoms. The highest BCUT2D eigenvalue weighted by Crippen LogP contribution is 2.34. The van der Waals surface area contributed by atoms with Gasteiger partial charge in [0.05, 0.1) is 21.3 Å². The molecule has 3 N–H and O–H groups in total. The van der Waals surface area contributed by atoms with Crippen molar-refractivity contribution in [2.45, 2.75) is 32.1 Å². The molecule has 6 nitrogen and oxygen atoms in total. The Kier molecular flexibility index (Phi) is 14.2. The van der Waals surface area contributed by atoms with Gasteiger partial charge in [-0.25, -0.2) is 0 Å². The van der Waals surface area contributed by atoms with E-state index in [2.05, 4.69) is 64.5 Å². The summed E-state index contributed by atoms with van der Waals surface area (Å²) in [6.45, 7) is 2.79. The molecule has 0 spiro atoms. The Morgan fingerprint density at radius 1 is 0.513 bits per heavy atom. The summed E-state index contributed by atoms with van der Waals surface area (Å²) in [6, 6.07) is 17.6. The van der Waals surface area contributed by atoms with Gasteiger partial charge in [0.25, 0.3) is 0 Å². The molecule has 3 aromatic rings. The van der Waals surface area contributed by atoms with E-state index < -0.39 is 0 Å². The highest BCUT2D eigenvalue weighted by atomic mass is 35.5. The van der Waals surface area contributed by atoms with Crippen LogP contribution >= 0.6 is 12.4 Å². The van der Waals surface area contributed by atoms with Gasteiger partial charge in [-0.1, -0.05) is 36.4 Å². The number of hydrogen-bond donors (Lipinski definition) is 3. The van der Waals surface area contributed by atoms with Crippen molar-refractivity contribution in [2.24, 2.45) is 0 Å². The van der Waals surface area contributed by atoms with Crippen LogP contribution in [0.4, 0.5) is 0 Å². The average molecular weight is 556 g/mol. The van der Waals surface area contributed by atoms with E-state index in [4.69, 9.17) is 14.2 Å². The first-order valence-electron chi connectivity index (χ1n) is 13.5. The number of ether oxygens (including phenoxy) is 3. The smallest absolute Gasteiger partial charge is 0.125 e. The van der Waals surface area contributed by atoms with Crippen LogP contribution in [0.15, 0.2) is 48.5 Å². The number of hydrogen-bond acceptors (Lipinski definition) is 6. The standard InChI is InChI=1S/C32H45N3O3.ClH/c1-33-14-11-23-7-9-30(36-4)26(17-23)21-28-19-25(13-16-35-3)20-29(32(28)38-6)22-27-18-24(12-15-34-2)8-10-31(27)37-5;/h7-10,17-20,33-35H,11-16,21-22H2,1-6H3;1H. The lowest BCUT2D eigenvalue weighted by Gasteiger charge is -2.19. The third-order valence-corrected chi connectivity index (χ3v) is 6.95. The Hall–Kier alpha value is -2.77. The predicted octanol–water partition coefficient (Wildman–Crippen LogP) is 4.60. The van der Waals surface area contributed by atoms with Crippen molar-refractivity contribution < 1.29 is 14.2 Å². The molecule has 0 saturated heterocycles. The molecule has 0 fully saturated rings. The molecule has 39 heavy (non-hydrogen) atoms. The first-order chi connectivity index (χ1) is 18.6. The van der Waals surface area contributed by atoms with E-state index >= 15 is 0 Å². The second kappa shape index (κ2) is 17.0. The molecule has 0 radical (unpaired) electrons. The van der Waals surface area contributed by atoms with E-state index in [0.717, 1.165) is 69.0 Å². The van der Waals surface area contributed by atoms with Gasteiger partial charge in [-0.3, -0.25) is 0 Å². The van der Waals surface area contributed by atoms with Crippen LogP contribution in [0.2, 0.25) is 0 Å². The van der Waals surface area contributed by atoms with E-state index in [-0.39, 0.29) is 12.4 Å². The van der Waals surface area contributed by atoms with Crippen molar-refractivity contribution in [1.29, 1.82) is 0 Å². The minimum atomic E-state index is 0. The largest absolute Gasteiger partial charge is 0.496 e. The molecule has 0 aliphatic carbocycles. The van der Waals surface area contributed by atoms with E-state index in [1.165, 1.54) is 38.9 Å². The van der Waals surface area contributed by atoms with Gasteiger partial charge >= 0.3 is 0 Å². The fourth-order valence-electron chi connectivity index (χ4n) is 4.97. The maximum Gasteiger partial charge on any atom is 0.125 e. The number of likely N-dealkylation sites (N-methyl/N-ethyl adjacent to an activating group) is 3. The zero-order chi connectivity index (χ0) is 27.3.